The summed E-state index contributed by atoms with van der Waals surface area (Å²) < 4.78 is 0. The zero-order chi connectivity index (χ0) is 13.8. The van der Waals surface area contributed by atoms with E-state index in [1.165, 1.54) is 4.90 Å². The highest BCUT2D eigenvalue weighted by molar-refractivity contribution is 5.94. The summed E-state index contributed by atoms with van der Waals surface area (Å²) in [5.74, 6) is -0.249. The SMILES string of the molecule is CNC(C)(C(=O)N(C=O)C(C)C)c1ccccc1. The lowest BCUT2D eigenvalue weighted by Gasteiger charge is -2.33. The molecule has 0 aliphatic rings. The van der Waals surface area contributed by atoms with Crippen molar-refractivity contribution in [2.24, 2.45) is 0 Å². The number of hydrogen-bond acceptors (Lipinski definition) is 3. The summed E-state index contributed by atoms with van der Waals surface area (Å²) in [6.07, 6.45) is 0.589. The highest BCUT2D eigenvalue weighted by Gasteiger charge is 2.37. The summed E-state index contributed by atoms with van der Waals surface area (Å²) in [7, 11) is 1.72. The first-order valence-corrected chi connectivity index (χ1v) is 6.00. The Morgan fingerprint density at radius 2 is 1.89 bits per heavy atom. The lowest BCUT2D eigenvalue weighted by Crippen LogP contribution is -2.54. The third kappa shape index (κ3) is 2.59. The number of rotatable bonds is 5. The molecule has 18 heavy (non-hydrogen) atoms. The Bertz CT molecular complexity index is 417. The molecule has 1 aromatic carbocycles. The third-order valence-electron chi connectivity index (χ3n) is 3.18. The fraction of sp³-hybridized carbons (Fsp3) is 0.429. The summed E-state index contributed by atoms with van der Waals surface area (Å²) in [6, 6.07) is 9.23. The van der Waals surface area contributed by atoms with Crippen LogP contribution in [0.15, 0.2) is 30.3 Å². The molecule has 1 rings (SSSR count). The van der Waals surface area contributed by atoms with Crippen LogP contribution >= 0.6 is 0 Å². The van der Waals surface area contributed by atoms with E-state index in [1.807, 2.05) is 44.2 Å². The van der Waals surface area contributed by atoms with Gasteiger partial charge in [0.05, 0.1) is 0 Å². The summed E-state index contributed by atoms with van der Waals surface area (Å²) in [5.41, 5.74) is -0.0584. The van der Waals surface area contributed by atoms with Crippen molar-refractivity contribution in [3.63, 3.8) is 0 Å². The maximum atomic E-state index is 12.5. The summed E-state index contributed by atoms with van der Waals surface area (Å²) in [4.78, 5) is 24.8. The summed E-state index contributed by atoms with van der Waals surface area (Å²) in [5, 5.41) is 3.01. The summed E-state index contributed by atoms with van der Waals surface area (Å²) in [6.45, 7) is 5.41. The lowest BCUT2D eigenvalue weighted by atomic mass is 9.90. The van der Waals surface area contributed by atoms with E-state index < -0.39 is 5.54 Å². The van der Waals surface area contributed by atoms with Crippen LogP contribution in [0.5, 0.6) is 0 Å². The molecule has 1 N–H and O–H groups in total. The number of amides is 2. The van der Waals surface area contributed by atoms with Crippen LogP contribution in [-0.2, 0) is 15.1 Å². The van der Waals surface area contributed by atoms with Crippen molar-refractivity contribution < 1.29 is 9.59 Å². The van der Waals surface area contributed by atoms with E-state index >= 15 is 0 Å². The molecule has 0 aromatic heterocycles. The monoisotopic (exact) mass is 248 g/mol. The normalized spacial score (nSPS) is 14.1. The molecule has 1 atom stereocenters. The van der Waals surface area contributed by atoms with Gasteiger partial charge in [0.25, 0.3) is 5.91 Å². The first kappa shape index (κ1) is 14.4. The molecule has 0 bridgehead atoms. The molecule has 0 saturated heterocycles. The van der Waals surface area contributed by atoms with Gasteiger partial charge < -0.3 is 5.32 Å². The van der Waals surface area contributed by atoms with Gasteiger partial charge in [0.1, 0.15) is 5.54 Å². The minimum atomic E-state index is -0.896. The zero-order valence-electron chi connectivity index (χ0n) is 11.3. The maximum Gasteiger partial charge on any atom is 0.253 e. The van der Waals surface area contributed by atoms with Crippen LogP contribution in [0.3, 0.4) is 0 Å². The molecule has 0 spiro atoms. The largest absolute Gasteiger partial charge is 0.303 e. The lowest BCUT2D eigenvalue weighted by molar-refractivity contribution is -0.145. The van der Waals surface area contributed by atoms with Crippen molar-refractivity contribution in [1.29, 1.82) is 0 Å². The molecule has 0 radical (unpaired) electrons. The highest BCUT2D eigenvalue weighted by atomic mass is 16.2. The van der Waals surface area contributed by atoms with E-state index in [4.69, 9.17) is 0 Å². The van der Waals surface area contributed by atoms with Crippen LogP contribution in [0.25, 0.3) is 0 Å². The second kappa shape index (κ2) is 5.78. The van der Waals surface area contributed by atoms with Crippen LogP contribution in [-0.4, -0.2) is 30.3 Å². The fourth-order valence-corrected chi connectivity index (χ4v) is 1.81. The van der Waals surface area contributed by atoms with Gasteiger partial charge in [-0.3, -0.25) is 14.5 Å². The Hall–Kier alpha value is -1.68. The van der Waals surface area contributed by atoms with E-state index in [0.29, 0.717) is 6.41 Å². The molecule has 1 unspecified atom stereocenters. The minimum Gasteiger partial charge on any atom is -0.303 e. The Labute approximate surface area is 108 Å². The Balaban J connectivity index is 3.16. The van der Waals surface area contributed by atoms with E-state index in [0.717, 1.165) is 5.56 Å². The van der Waals surface area contributed by atoms with Crippen molar-refractivity contribution in [2.45, 2.75) is 32.4 Å². The Morgan fingerprint density at radius 3 is 2.28 bits per heavy atom. The fourth-order valence-electron chi connectivity index (χ4n) is 1.81. The quantitative estimate of drug-likeness (QED) is 0.804. The number of imide groups is 1. The molecule has 4 heteroatoms. The van der Waals surface area contributed by atoms with Gasteiger partial charge in [-0.2, -0.15) is 0 Å². The Kier molecular flexibility index (Phi) is 4.62. The second-order valence-electron chi connectivity index (χ2n) is 4.65. The average Bonchev–Trinajstić information content (AvgIpc) is 2.39. The average molecular weight is 248 g/mol. The predicted molar refractivity (Wildman–Crippen MR) is 70.9 cm³/mol. The van der Waals surface area contributed by atoms with Crippen LogP contribution in [0, 0.1) is 0 Å². The van der Waals surface area contributed by atoms with Crippen LogP contribution in [0.2, 0.25) is 0 Å². The van der Waals surface area contributed by atoms with Crippen LogP contribution < -0.4 is 5.32 Å². The van der Waals surface area contributed by atoms with Crippen molar-refractivity contribution in [3.05, 3.63) is 35.9 Å². The second-order valence-corrected chi connectivity index (χ2v) is 4.65. The van der Waals surface area contributed by atoms with Crippen molar-refractivity contribution in [2.75, 3.05) is 7.05 Å². The van der Waals surface area contributed by atoms with Crippen molar-refractivity contribution in [1.82, 2.24) is 10.2 Å². The van der Waals surface area contributed by atoms with Gasteiger partial charge in [0.15, 0.2) is 0 Å². The highest BCUT2D eigenvalue weighted by Crippen LogP contribution is 2.23. The van der Waals surface area contributed by atoms with E-state index in [9.17, 15) is 9.59 Å². The van der Waals surface area contributed by atoms with Gasteiger partial charge in [-0.15, -0.1) is 0 Å². The molecular weight excluding hydrogens is 228 g/mol. The smallest absolute Gasteiger partial charge is 0.253 e. The number of nitrogens with one attached hydrogen (secondary N) is 1. The predicted octanol–water partition coefficient (Wildman–Crippen LogP) is 1.51. The standard InChI is InChI=1S/C14H20N2O2/c1-11(2)16(10-17)13(18)14(3,15-4)12-8-6-5-7-9-12/h5-11,15H,1-4H3. The maximum absolute atomic E-state index is 12.5. The molecule has 1 aromatic rings. The zero-order valence-corrected chi connectivity index (χ0v) is 11.3. The van der Waals surface area contributed by atoms with E-state index in [1.54, 1.807) is 14.0 Å². The minimum absolute atomic E-state index is 0.161. The Morgan fingerprint density at radius 1 is 1.33 bits per heavy atom. The molecule has 0 aliphatic heterocycles. The van der Waals surface area contributed by atoms with Gasteiger partial charge in [0.2, 0.25) is 6.41 Å². The third-order valence-corrected chi connectivity index (χ3v) is 3.18. The molecule has 0 heterocycles. The van der Waals surface area contributed by atoms with Crippen LogP contribution in [0.4, 0.5) is 0 Å². The number of carbonyl (C=O) groups excluding carboxylic acids is 2. The molecule has 98 valence electrons. The molecule has 0 fully saturated rings. The van der Waals surface area contributed by atoms with Gasteiger partial charge in [-0.1, -0.05) is 30.3 Å². The molecular formula is C14H20N2O2. The topological polar surface area (TPSA) is 49.4 Å². The molecule has 4 nitrogen and oxygen atoms in total. The van der Waals surface area contributed by atoms with Gasteiger partial charge in [-0.25, -0.2) is 0 Å². The number of nitrogens with zero attached hydrogens (tertiary/aromatic N) is 1. The first-order chi connectivity index (χ1) is 8.47. The van der Waals surface area contributed by atoms with E-state index in [-0.39, 0.29) is 11.9 Å². The molecule has 0 saturated carbocycles. The molecule has 2 amide bonds. The van der Waals surface area contributed by atoms with Crippen LogP contribution in [0.1, 0.15) is 26.3 Å². The number of benzene rings is 1. The number of hydrogen-bond donors (Lipinski definition) is 1. The van der Waals surface area contributed by atoms with Gasteiger partial charge in [-0.05, 0) is 33.4 Å². The number of carbonyl (C=O) groups is 2. The number of likely N-dealkylation sites (N-methyl/N-ethyl adjacent to an activating group) is 1. The summed E-state index contributed by atoms with van der Waals surface area (Å²) >= 11 is 0. The van der Waals surface area contributed by atoms with Crippen molar-refractivity contribution >= 4 is 12.3 Å². The van der Waals surface area contributed by atoms with Gasteiger partial charge >= 0.3 is 0 Å². The van der Waals surface area contributed by atoms with Crippen molar-refractivity contribution in [3.8, 4) is 0 Å². The van der Waals surface area contributed by atoms with Gasteiger partial charge in [0, 0.05) is 6.04 Å². The molecule has 0 aliphatic carbocycles. The first-order valence-electron chi connectivity index (χ1n) is 6.00. The van der Waals surface area contributed by atoms with E-state index in [2.05, 4.69) is 5.32 Å².